The third-order valence-corrected chi connectivity index (χ3v) is 2.98. The van der Waals surface area contributed by atoms with Gasteiger partial charge in [-0.1, -0.05) is 0 Å². The molecule has 0 bridgehead atoms. The molecule has 0 saturated carbocycles. The fraction of sp³-hybridized carbons (Fsp3) is 0.462. The number of halogens is 3. The molecular weight excluding hydrogens is 271 g/mol. The fourth-order valence-corrected chi connectivity index (χ4v) is 2.03. The molecule has 0 aliphatic rings. The van der Waals surface area contributed by atoms with E-state index in [1.165, 1.54) is 6.07 Å². The molecule has 20 heavy (non-hydrogen) atoms. The summed E-state index contributed by atoms with van der Waals surface area (Å²) in [6.45, 7) is 3.68. The van der Waals surface area contributed by atoms with E-state index in [9.17, 15) is 13.2 Å². The van der Waals surface area contributed by atoms with Crippen molar-refractivity contribution in [2.45, 2.75) is 26.1 Å². The van der Waals surface area contributed by atoms with E-state index in [4.69, 9.17) is 10.5 Å². The molecule has 0 aliphatic heterocycles. The molecule has 1 heterocycles. The largest absolute Gasteiger partial charge is 0.416 e. The zero-order valence-electron chi connectivity index (χ0n) is 11.1. The molecule has 4 nitrogen and oxygen atoms in total. The van der Waals surface area contributed by atoms with Gasteiger partial charge in [-0.05, 0) is 31.5 Å². The van der Waals surface area contributed by atoms with E-state index in [0.717, 1.165) is 18.6 Å². The number of hydrogen-bond acceptors (Lipinski definition) is 3. The molecule has 0 saturated heterocycles. The van der Waals surface area contributed by atoms with Crippen LogP contribution in [0.1, 0.15) is 18.9 Å². The summed E-state index contributed by atoms with van der Waals surface area (Å²) < 4.78 is 44.8. The third-order valence-electron chi connectivity index (χ3n) is 2.98. The van der Waals surface area contributed by atoms with Crippen molar-refractivity contribution >= 4 is 17.0 Å². The summed E-state index contributed by atoms with van der Waals surface area (Å²) >= 11 is 0. The lowest BCUT2D eigenvalue weighted by Crippen LogP contribution is -2.06. The van der Waals surface area contributed by atoms with Crippen LogP contribution in [0.3, 0.4) is 0 Å². The number of aromatic nitrogens is 2. The first kappa shape index (κ1) is 14.6. The minimum absolute atomic E-state index is 0.218. The van der Waals surface area contributed by atoms with Crippen LogP contribution in [0.25, 0.3) is 11.0 Å². The zero-order valence-corrected chi connectivity index (χ0v) is 11.1. The predicted molar refractivity (Wildman–Crippen MR) is 70.3 cm³/mol. The minimum atomic E-state index is -4.37. The molecule has 0 aliphatic carbocycles. The van der Waals surface area contributed by atoms with Gasteiger partial charge in [0.2, 0.25) is 5.95 Å². The second-order valence-corrected chi connectivity index (χ2v) is 4.37. The van der Waals surface area contributed by atoms with E-state index in [1.807, 2.05) is 6.92 Å². The summed E-state index contributed by atoms with van der Waals surface area (Å²) in [5.41, 5.74) is 5.90. The van der Waals surface area contributed by atoms with Crippen LogP contribution in [0.2, 0.25) is 0 Å². The molecule has 1 aromatic carbocycles. The Morgan fingerprint density at radius 2 is 2.10 bits per heavy atom. The van der Waals surface area contributed by atoms with Gasteiger partial charge in [-0.15, -0.1) is 0 Å². The number of alkyl halides is 3. The number of nitrogen functional groups attached to an aromatic ring is 1. The van der Waals surface area contributed by atoms with Crippen molar-refractivity contribution in [3.05, 3.63) is 23.8 Å². The monoisotopic (exact) mass is 287 g/mol. The Morgan fingerprint density at radius 1 is 1.35 bits per heavy atom. The first-order chi connectivity index (χ1) is 9.43. The number of nitrogens with zero attached hydrogens (tertiary/aromatic N) is 2. The fourth-order valence-electron chi connectivity index (χ4n) is 2.03. The number of fused-ring (bicyclic) bond motifs is 1. The number of nitrogens with two attached hydrogens (primary N) is 1. The molecule has 0 fully saturated rings. The summed E-state index contributed by atoms with van der Waals surface area (Å²) in [7, 11) is 0. The molecule has 2 aromatic rings. The molecule has 7 heteroatoms. The van der Waals surface area contributed by atoms with Crippen LogP contribution in [0.5, 0.6) is 0 Å². The highest BCUT2D eigenvalue weighted by Crippen LogP contribution is 2.31. The molecular formula is C13H16F3N3O. The highest BCUT2D eigenvalue weighted by atomic mass is 19.4. The van der Waals surface area contributed by atoms with Crippen LogP contribution in [0.15, 0.2) is 18.2 Å². The number of benzene rings is 1. The maximum Gasteiger partial charge on any atom is 0.416 e. The molecule has 2 N–H and O–H groups in total. The Hall–Kier alpha value is -1.76. The Morgan fingerprint density at radius 3 is 2.75 bits per heavy atom. The van der Waals surface area contributed by atoms with Crippen LogP contribution in [0, 0.1) is 0 Å². The van der Waals surface area contributed by atoms with Crippen molar-refractivity contribution in [2.75, 3.05) is 18.9 Å². The van der Waals surface area contributed by atoms with Gasteiger partial charge in [0.25, 0.3) is 0 Å². The standard InChI is InChI=1S/C13H16F3N3O/c1-2-20-7-3-6-19-11-5-4-9(13(14,15)16)8-10(11)18-12(19)17/h4-5,8H,2-3,6-7H2,1H3,(H2,17,18). The average Bonchev–Trinajstić information content (AvgIpc) is 2.69. The van der Waals surface area contributed by atoms with Crippen molar-refractivity contribution in [1.29, 1.82) is 0 Å². The van der Waals surface area contributed by atoms with E-state index in [1.54, 1.807) is 4.57 Å². The highest BCUT2D eigenvalue weighted by molar-refractivity contribution is 5.79. The van der Waals surface area contributed by atoms with Crippen LogP contribution >= 0.6 is 0 Å². The van der Waals surface area contributed by atoms with Crippen LogP contribution in [-0.2, 0) is 17.5 Å². The second kappa shape index (κ2) is 5.70. The number of hydrogen-bond donors (Lipinski definition) is 1. The van der Waals surface area contributed by atoms with E-state index in [2.05, 4.69) is 4.98 Å². The number of ether oxygens (including phenoxy) is 1. The topological polar surface area (TPSA) is 53.1 Å². The normalized spacial score (nSPS) is 12.2. The van der Waals surface area contributed by atoms with Gasteiger partial charge < -0.3 is 15.0 Å². The first-order valence-electron chi connectivity index (χ1n) is 6.34. The Kier molecular flexibility index (Phi) is 4.17. The smallest absolute Gasteiger partial charge is 0.382 e. The first-order valence-corrected chi connectivity index (χ1v) is 6.34. The van der Waals surface area contributed by atoms with E-state index in [0.29, 0.717) is 25.3 Å². The van der Waals surface area contributed by atoms with E-state index < -0.39 is 11.7 Å². The quantitative estimate of drug-likeness (QED) is 0.860. The third kappa shape index (κ3) is 3.04. The lowest BCUT2D eigenvalue weighted by molar-refractivity contribution is -0.137. The number of anilines is 1. The predicted octanol–water partition coefficient (Wildman–Crippen LogP) is 3.06. The van der Waals surface area contributed by atoms with Gasteiger partial charge in [0, 0.05) is 19.8 Å². The van der Waals surface area contributed by atoms with E-state index in [-0.39, 0.29) is 11.5 Å². The molecule has 0 unspecified atom stereocenters. The lowest BCUT2D eigenvalue weighted by atomic mass is 10.2. The van der Waals surface area contributed by atoms with Crippen LogP contribution < -0.4 is 5.73 Å². The highest BCUT2D eigenvalue weighted by Gasteiger charge is 2.31. The minimum Gasteiger partial charge on any atom is -0.382 e. The second-order valence-electron chi connectivity index (χ2n) is 4.37. The van der Waals surface area contributed by atoms with Crippen molar-refractivity contribution in [1.82, 2.24) is 9.55 Å². The average molecular weight is 287 g/mol. The molecule has 0 atom stereocenters. The molecule has 2 rings (SSSR count). The summed E-state index contributed by atoms with van der Waals surface area (Å²) in [5, 5.41) is 0. The van der Waals surface area contributed by atoms with Gasteiger partial charge >= 0.3 is 6.18 Å². The van der Waals surface area contributed by atoms with Crippen LogP contribution in [0.4, 0.5) is 19.1 Å². The van der Waals surface area contributed by atoms with E-state index >= 15 is 0 Å². The molecule has 0 amide bonds. The molecule has 0 spiro atoms. The Balaban J connectivity index is 2.26. The zero-order chi connectivity index (χ0) is 14.8. The lowest BCUT2D eigenvalue weighted by Gasteiger charge is -2.08. The van der Waals surface area contributed by atoms with Gasteiger partial charge in [0.1, 0.15) is 0 Å². The van der Waals surface area contributed by atoms with Gasteiger partial charge in [0.15, 0.2) is 0 Å². The Labute approximate surface area is 114 Å². The van der Waals surface area contributed by atoms with Gasteiger partial charge in [-0.25, -0.2) is 4.98 Å². The molecule has 0 radical (unpaired) electrons. The van der Waals surface area contributed by atoms with Crippen molar-refractivity contribution in [2.24, 2.45) is 0 Å². The summed E-state index contributed by atoms with van der Waals surface area (Å²) in [4.78, 5) is 3.99. The van der Waals surface area contributed by atoms with Crippen molar-refractivity contribution < 1.29 is 17.9 Å². The summed E-state index contributed by atoms with van der Waals surface area (Å²) in [6.07, 6.45) is -3.65. The SMILES string of the molecule is CCOCCCn1c(N)nc2cc(C(F)(F)F)ccc21. The number of rotatable bonds is 5. The van der Waals surface area contributed by atoms with Crippen LogP contribution in [-0.4, -0.2) is 22.8 Å². The molecule has 110 valence electrons. The summed E-state index contributed by atoms with van der Waals surface area (Å²) in [5.74, 6) is 0.218. The maximum absolute atomic E-state index is 12.6. The summed E-state index contributed by atoms with van der Waals surface area (Å²) in [6, 6.07) is 3.47. The van der Waals surface area contributed by atoms with Crippen molar-refractivity contribution in [3.63, 3.8) is 0 Å². The Bertz CT molecular complexity index is 592. The van der Waals surface area contributed by atoms with Gasteiger partial charge in [-0.2, -0.15) is 13.2 Å². The number of imidazole rings is 1. The maximum atomic E-state index is 12.6. The number of aryl methyl sites for hydroxylation is 1. The van der Waals surface area contributed by atoms with Gasteiger partial charge in [-0.3, -0.25) is 0 Å². The van der Waals surface area contributed by atoms with Gasteiger partial charge in [0.05, 0.1) is 16.6 Å². The molecule has 1 aromatic heterocycles. The van der Waals surface area contributed by atoms with Crippen molar-refractivity contribution in [3.8, 4) is 0 Å².